The molecule has 3 aromatic rings. The van der Waals surface area contributed by atoms with Crippen molar-refractivity contribution >= 4 is 11.8 Å². The lowest BCUT2D eigenvalue weighted by molar-refractivity contribution is 0.198. The standard InChI is InChI=1S/C22H18F3N3O2/c1-27-22(30-21(26)20(24)25)16-10-15(11-17(23)12-16)19-18(8-5-9-28-19)29-13-14-6-3-2-4-7-14/h2-12,20,26H,13H2,1H3. The number of ether oxygens (including phenoxy) is 2. The zero-order valence-corrected chi connectivity index (χ0v) is 16.0. The number of benzene rings is 2. The van der Waals surface area contributed by atoms with Crippen LogP contribution in [0.4, 0.5) is 13.2 Å². The van der Waals surface area contributed by atoms with E-state index >= 15 is 0 Å². The van der Waals surface area contributed by atoms with Crippen molar-refractivity contribution in [2.45, 2.75) is 13.0 Å². The maximum atomic E-state index is 14.3. The Labute approximate surface area is 171 Å². The quantitative estimate of drug-likeness (QED) is 0.452. The molecule has 0 saturated carbocycles. The van der Waals surface area contributed by atoms with Gasteiger partial charge in [-0.15, -0.1) is 0 Å². The Balaban J connectivity index is 1.92. The first kappa shape index (κ1) is 21.0. The number of rotatable bonds is 6. The largest absolute Gasteiger partial charge is 0.487 e. The molecule has 0 spiro atoms. The molecule has 0 aliphatic rings. The molecule has 0 fully saturated rings. The number of nitrogens with zero attached hydrogens (tertiary/aromatic N) is 2. The van der Waals surface area contributed by atoms with E-state index < -0.39 is 18.1 Å². The van der Waals surface area contributed by atoms with E-state index in [1.54, 1.807) is 12.1 Å². The van der Waals surface area contributed by atoms with E-state index in [9.17, 15) is 13.2 Å². The molecule has 1 aromatic heterocycles. The van der Waals surface area contributed by atoms with Crippen LogP contribution in [0, 0.1) is 11.2 Å². The molecule has 1 N–H and O–H groups in total. The Morgan fingerprint density at radius 3 is 2.57 bits per heavy atom. The molecule has 0 saturated heterocycles. The van der Waals surface area contributed by atoms with E-state index in [2.05, 4.69) is 9.98 Å². The molecule has 2 aromatic carbocycles. The van der Waals surface area contributed by atoms with Crippen molar-refractivity contribution in [1.82, 2.24) is 4.98 Å². The smallest absolute Gasteiger partial charge is 0.312 e. The molecule has 0 radical (unpaired) electrons. The van der Waals surface area contributed by atoms with Crippen LogP contribution >= 0.6 is 0 Å². The highest BCUT2D eigenvalue weighted by atomic mass is 19.3. The SMILES string of the molecule is CN=C(OC(=N)C(F)F)c1cc(F)cc(-c2ncccc2OCc2ccccc2)c1. The van der Waals surface area contributed by atoms with Gasteiger partial charge in [0.2, 0.25) is 5.90 Å². The summed E-state index contributed by atoms with van der Waals surface area (Å²) in [5, 5.41) is 7.19. The number of pyridine rings is 1. The summed E-state index contributed by atoms with van der Waals surface area (Å²) in [7, 11) is 1.30. The van der Waals surface area contributed by atoms with Gasteiger partial charge in [0.25, 0.3) is 5.90 Å². The maximum Gasteiger partial charge on any atom is 0.312 e. The van der Waals surface area contributed by atoms with Crippen LogP contribution < -0.4 is 4.74 Å². The molecule has 0 amide bonds. The lowest BCUT2D eigenvalue weighted by Gasteiger charge is -2.13. The average molecular weight is 413 g/mol. The molecule has 1 heterocycles. The fourth-order valence-corrected chi connectivity index (χ4v) is 2.69. The third kappa shape index (κ3) is 5.22. The van der Waals surface area contributed by atoms with Crippen LogP contribution in [0.1, 0.15) is 11.1 Å². The van der Waals surface area contributed by atoms with Gasteiger partial charge in [-0.05, 0) is 35.9 Å². The number of aromatic nitrogens is 1. The summed E-state index contributed by atoms with van der Waals surface area (Å²) >= 11 is 0. The van der Waals surface area contributed by atoms with Crippen LogP contribution in [0.5, 0.6) is 5.75 Å². The number of hydrogen-bond acceptors (Lipinski definition) is 5. The van der Waals surface area contributed by atoms with Crippen molar-refractivity contribution < 1.29 is 22.6 Å². The van der Waals surface area contributed by atoms with Gasteiger partial charge in [-0.1, -0.05) is 30.3 Å². The van der Waals surface area contributed by atoms with Gasteiger partial charge in [-0.2, -0.15) is 8.78 Å². The van der Waals surface area contributed by atoms with Crippen LogP contribution in [0.15, 0.2) is 71.9 Å². The first-order valence-corrected chi connectivity index (χ1v) is 8.92. The first-order chi connectivity index (χ1) is 14.5. The van der Waals surface area contributed by atoms with Gasteiger partial charge in [-0.3, -0.25) is 15.4 Å². The normalized spacial score (nSPS) is 11.4. The second-order valence-electron chi connectivity index (χ2n) is 6.15. The second kappa shape index (κ2) is 9.69. The molecule has 0 aliphatic carbocycles. The van der Waals surface area contributed by atoms with E-state index in [0.29, 0.717) is 17.0 Å². The Hall–Kier alpha value is -3.68. The Kier molecular flexibility index (Phi) is 6.79. The molecule has 5 nitrogen and oxygen atoms in total. The zero-order chi connectivity index (χ0) is 21.5. The monoisotopic (exact) mass is 413 g/mol. The van der Waals surface area contributed by atoms with E-state index in [0.717, 1.165) is 11.6 Å². The molecule has 0 bridgehead atoms. The summed E-state index contributed by atoms with van der Waals surface area (Å²) in [5.41, 5.74) is 1.76. The molecule has 3 rings (SSSR count). The molecule has 0 atom stereocenters. The Morgan fingerprint density at radius 1 is 1.10 bits per heavy atom. The Morgan fingerprint density at radius 2 is 1.87 bits per heavy atom. The molecule has 154 valence electrons. The number of aliphatic imine (C=N–C) groups is 1. The fraction of sp³-hybridized carbons (Fsp3) is 0.136. The van der Waals surface area contributed by atoms with Crippen LogP contribution in [-0.2, 0) is 11.3 Å². The molecular weight excluding hydrogens is 395 g/mol. The predicted molar refractivity (Wildman–Crippen MR) is 108 cm³/mol. The van der Waals surface area contributed by atoms with Gasteiger partial charge in [0.1, 0.15) is 23.9 Å². The van der Waals surface area contributed by atoms with Crippen LogP contribution in [-0.4, -0.2) is 30.3 Å². The summed E-state index contributed by atoms with van der Waals surface area (Å²) in [6.45, 7) is 0.290. The van der Waals surface area contributed by atoms with Gasteiger partial charge < -0.3 is 9.47 Å². The fourth-order valence-electron chi connectivity index (χ4n) is 2.69. The topological polar surface area (TPSA) is 67.6 Å². The number of hydrogen-bond donors (Lipinski definition) is 1. The van der Waals surface area contributed by atoms with Crippen molar-refractivity contribution in [3.05, 3.63) is 83.8 Å². The molecular formula is C22H18F3N3O2. The lowest BCUT2D eigenvalue weighted by atomic mass is 10.1. The summed E-state index contributed by atoms with van der Waals surface area (Å²) in [5.74, 6) is -1.79. The van der Waals surface area contributed by atoms with E-state index in [-0.39, 0.29) is 18.1 Å². The third-order valence-corrected chi connectivity index (χ3v) is 4.03. The summed E-state index contributed by atoms with van der Waals surface area (Å²) < 4.78 is 50.2. The van der Waals surface area contributed by atoms with Crippen molar-refractivity contribution in [3.8, 4) is 17.0 Å². The van der Waals surface area contributed by atoms with Crippen molar-refractivity contribution in [2.24, 2.45) is 4.99 Å². The highest BCUT2D eigenvalue weighted by Gasteiger charge is 2.19. The minimum absolute atomic E-state index is 0.0950. The van der Waals surface area contributed by atoms with Crippen molar-refractivity contribution in [3.63, 3.8) is 0 Å². The first-order valence-electron chi connectivity index (χ1n) is 8.92. The summed E-state index contributed by atoms with van der Waals surface area (Å²) in [6, 6.07) is 16.7. The van der Waals surface area contributed by atoms with Gasteiger partial charge in [0, 0.05) is 24.4 Å². The Bertz CT molecular complexity index is 1060. The predicted octanol–water partition coefficient (Wildman–Crippen LogP) is 5.10. The van der Waals surface area contributed by atoms with Crippen molar-refractivity contribution in [1.29, 1.82) is 5.41 Å². The molecule has 0 unspecified atom stereocenters. The van der Waals surface area contributed by atoms with Crippen molar-refractivity contribution in [2.75, 3.05) is 7.05 Å². The van der Waals surface area contributed by atoms with Crippen LogP contribution in [0.2, 0.25) is 0 Å². The van der Waals surface area contributed by atoms with Gasteiger partial charge >= 0.3 is 6.43 Å². The maximum absolute atomic E-state index is 14.3. The van der Waals surface area contributed by atoms with Crippen LogP contribution in [0.3, 0.4) is 0 Å². The van der Waals surface area contributed by atoms with Gasteiger partial charge in [0.05, 0.1) is 0 Å². The highest BCUT2D eigenvalue weighted by molar-refractivity contribution is 6.02. The minimum atomic E-state index is -3.11. The third-order valence-electron chi connectivity index (χ3n) is 4.03. The molecule has 30 heavy (non-hydrogen) atoms. The lowest BCUT2D eigenvalue weighted by Crippen LogP contribution is -2.19. The van der Waals surface area contributed by atoms with Gasteiger partial charge in [-0.25, -0.2) is 4.39 Å². The average Bonchev–Trinajstić information content (AvgIpc) is 2.76. The van der Waals surface area contributed by atoms with E-state index in [4.69, 9.17) is 14.9 Å². The summed E-state index contributed by atoms with van der Waals surface area (Å²) in [6.07, 6.45) is -1.57. The zero-order valence-electron chi connectivity index (χ0n) is 16.0. The molecule has 8 heteroatoms. The highest BCUT2D eigenvalue weighted by Crippen LogP contribution is 2.30. The summed E-state index contributed by atoms with van der Waals surface area (Å²) in [4.78, 5) is 8.04. The second-order valence-corrected chi connectivity index (χ2v) is 6.15. The minimum Gasteiger partial charge on any atom is -0.487 e. The molecule has 0 aliphatic heterocycles. The number of alkyl halides is 2. The number of halogens is 3. The van der Waals surface area contributed by atoms with Gasteiger partial charge in [0.15, 0.2) is 0 Å². The van der Waals surface area contributed by atoms with Crippen LogP contribution in [0.25, 0.3) is 11.3 Å². The van der Waals surface area contributed by atoms with E-state index in [1.807, 2.05) is 30.3 Å². The number of nitrogens with one attached hydrogen (secondary N) is 1. The van der Waals surface area contributed by atoms with E-state index in [1.165, 1.54) is 25.4 Å².